The molecule has 1 aromatic rings. The molecule has 3 rings (SSSR count). The van der Waals surface area contributed by atoms with E-state index in [-0.39, 0.29) is 22.4 Å². The van der Waals surface area contributed by atoms with Crippen molar-refractivity contribution in [2.75, 3.05) is 19.6 Å². The standard InChI is InChI=1S/C13H17ClN2O4S2/c1-9-8-16(13(17)20-9)10-4-6-15(7-5-10)22(18,19)12-3-2-11(14)21-12/h2-3,9-10H,4-8H2,1H3. The number of ether oxygens (including phenoxy) is 1. The molecule has 1 unspecified atom stereocenters. The van der Waals surface area contributed by atoms with Crippen LogP contribution in [0.1, 0.15) is 19.8 Å². The van der Waals surface area contributed by atoms with Crippen LogP contribution in [0.3, 0.4) is 0 Å². The van der Waals surface area contributed by atoms with E-state index in [4.69, 9.17) is 16.3 Å². The van der Waals surface area contributed by atoms with Crippen LogP contribution in [0.25, 0.3) is 0 Å². The van der Waals surface area contributed by atoms with E-state index in [1.165, 1.54) is 10.4 Å². The van der Waals surface area contributed by atoms with Crippen molar-refractivity contribution < 1.29 is 17.9 Å². The van der Waals surface area contributed by atoms with E-state index in [2.05, 4.69) is 0 Å². The van der Waals surface area contributed by atoms with E-state index >= 15 is 0 Å². The third kappa shape index (κ3) is 2.97. The SMILES string of the molecule is CC1CN(C2CCN(S(=O)(=O)c3ccc(Cl)s3)CC2)C(=O)O1. The second-order valence-corrected chi connectivity index (χ2v) is 9.42. The molecule has 2 aliphatic heterocycles. The summed E-state index contributed by atoms with van der Waals surface area (Å²) >= 11 is 6.89. The zero-order chi connectivity index (χ0) is 15.9. The Balaban J connectivity index is 1.66. The van der Waals surface area contributed by atoms with Crippen molar-refractivity contribution in [2.45, 2.75) is 36.1 Å². The van der Waals surface area contributed by atoms with Crippen LogP contribution in [0.2, 0.25) is 4.34 Å². The lowest BCUT2D eigenvalue weighted by Gasteiger charge is -2.34. The fourth-order valence-electron chi connectivity index (χ4n) is 2.88. The number of hydrogen-bond donors (Lipinski definition) is 0. The maximum atomic E-state index is 12.5. The van der Waals surface area contributed by atoms with Gasteiger partial charge in [0.05, 0.1) is 10.9 Å². The molecule has 0 spiro atoms. The van der Waals surface area contributed by atoms with E-state index in [9.17, 15) is 13.2 Å². The van der Waals surface area contributed by atoms with Gasteiger partial charge in [-0.3, -0.25) is 0 Å². The summed E-state index contributed by atoms with van der Waals surface area (Å²) in [4.78, 5) is 13.5. The van der Waals surface area contributed by atoms with Gasteiger partial charge in [0.1, 0.15) is 10.3 Å². The molecule has 1 atom stereocenters. The average molecular weight is 365 g/mol. The Morgan fingerprint density at radius 2 is 2.00 bits per heavy atom. The van der Waals surface area contributed by atoms with Gasteiger partial charge >= 0.3 is 6.09 Å². The zero-order valence-electron chi connectivity index (χ0n) is 12.1. The number of carbonyl (C=O) groups excluding carboxylic acids is 1. The van der Waals surface area contributed by atoms with Crippen molar-refractivity contribution in [2.24, 2.45) is 0 Å². The van der Waals surface area contributed by atoms with Crippen molar-refractivity contribution in [3.8, 4) is 0 Å². The number of halogens is 1. The minimum absolute atomic E-state index is 0.0517. The predicted molar refractivity (Wildman–Crippen MR) is 83.8 cm³/mol. The van der Waals surface area contributed by atoms with Crippen LogP contribution in [-0.4, -0.2) is 55.5 Å². The van der Waals surface area contributed by atoms with Crippen molar-refractivity contribution in [3.05, 3.63) is 16.5 Å². The first-order chi connectivity index (χ1) is 10.4. The summed E-state index contributed by atoms with van der Waals surface area (Å²) < 4.78 is 32.4. The molecule has 122 valence electrons. The van der Waals surface area contributed by atoms with Crippen LogP contribution in [0.4, 0.5) is 4.79 Å². The van der Waals surface area contributed by atoms with Crippen LogP contribution in [0.5, 0.6) is 0 Å². The molecule has 0 radical (unpaired) electrons. The first-order valence-corrected chi connectivity index (χ1v) is 9.74. The normalized spacial score (nSPS) is 24.7. The molecule has 9 heteroatoms. The van der Waals surface area contributed by atoms with Gasteiger partial charge in [0, 0.05) is 19.1 Å². The van der Waals surface area contributed by atoms with E-state index in [0.29, 0.717) is 36.8 Å². The lowest BCUT2D eigenvalue weighted by Crippen LogP contribution is -2.47. The summed E-state index contributed by atoms with van der Waals surface area (Å²) in [5.74, 6) is 0. The lowest BCUT2D eigenvalue weighted by atomic mass is 10.1. The number of sulfonamides is 1. The molecule has 2 aliphatic rings. The molecular weight excluding hydrogens is 348 g/mol. The molecule has 1 aromatic heterocycles. The number of carbonyl (C=O) groups is 1. The number of rotatable bonds is 3. The van der Waals surface area contributed by atoms with Crippen LogP contribution < -0.4 is 0 Å². The quantitative estimate of drug-likeness (QED) is 0.826. The maximum Gasteiger partial charge on any atom is 0.410 e. The topological polar surface area (TPSA) is 66.9 Å². The minimum atomic E-state index is -3.48. The van der Waals surface area contributed by atoms with E-state index in [1.807, 2.05) is 6.92 Å². The van der Waals surface area contributed by atoms with Crippen LogP contribution in [0, 0.1) is 0 Å². The Morgan fingerprint density at radius 1 is 1.32 bits per heavy atom. The summed E-state index contributed by atoms with van der Waals surface area (Å²) in [5.41, 5.74) is 0. The van der Waals surface area contributed by atoms with Crippen molar-refractivity contribution in [1.29, 1.82) is 0 Å². The number of amides is 1. The Morgan fingerprint density at radius 3 is 2.50 bits per heavy atom. The number of cyclic esters (lactones) is 1. The highest BCUT2D eigenvalue weighted by Crippen LogP contribution is 2.30. The number of hydrogen-bond acceptors (Lipinski definition) is 5. The first kappa shape index (κ1) is 16.0. The smallest absolute Gasteiger partial charge is 0.410 e. The first-order valence-electron chi connectivity index (χ1n) is 7.10. The van der Waals surface area contributed by atoms with Gasteiger partial charge in [-0.25, -0.2) is 13.2 Å². The second-order valence-electron chi connectivity index (χ2n) is 5.54. The van der Waals surface area contributed by atoms with Crippen LogP contribution >= 0.6 is 22.9 Å². The molecule has 2 fully saturated rings. The Kier molecular flexibility index (Phi) is 4.37. The minimum Gasteiger partial charge on any atom is -0.444 e. The highest BCUT2D eigenvalue weighted by molar-refractivity contribution is 7.91. The molecule has 0 aliphatic carbocycles. The molecule has 0 bridgehead atoms. The van der Waals surface area contributed by atoms with Crippen molar-refractivity contribution in [3.63, 3.8) is 0 Å². The fourth-order valence-corrected chi connectivity index (χ4v) is 5.99. The summed E-state index contributed by atoms with van der Waals surface area (Å²) in [7, 11) is -3.48. The van der Waals surface area contributed by atoms with Gasteiger partial charge in [0.2, 0.25) is 0 Å². The number of nitrogens with zero attached hydrogens (tertiary/aromatic N) is 2. The van der Waals surface area contributed by atoms with Gasteiger partial charge in [0.15, 0.2) is 0 Å². The van der Waals surface area contributed by atoms with Crippen molar-refractivity contribution >= 4 is 39.1 Å². The lowest BCUT2D eigenvalue weighted by molar-refractivity contribution is 0.124. The molecular formula is C13H17ClN2O4S2. The highest BCUT2D eigenvalue weighted by atomic mass is 35.5. The average Bonchev–Trinajstić information content (AvgIpc) is 3.05. The molecule has 3 heterocycles. The number of thiophene rings is 1. The maximum absolute atomic E-state index is 12.5. The summed E-state index contributed by atoms with van der Waals surface area (Å²) in [6.07, 6.45) is 0.863. The van der Waals surface area contributed by atoms with Gasteiger partial charge < -0.3 is 9.64 Å². The molecule has 6 nitrogen and oxygen atoms in total. The van der Waals surface area contributed by atoms with Gasteiger partial charge in [-0.1, -0.05) is 11.6 Å². The van der Waals surface area contributed by atoms with E-state index in [1.54, 1.807) is 11.0 Å². The van der Waals surface area contributed by atoms with E-state index < -0.39 is 10.0 Å². The molecule has 0 aromatic carbocycles. The largest absolute Gasteiger partial charge is 0.444 e. The fraction of sp³-hybridized carbons (Fsp3) is 0.615. The van der Waals surface area contributed by atoms with Crippen LogP contribution in [-0.2, 0) is 14.8 Å². The highest BCUT2D eigenvalue weighted by Gasteiger charge is 2.38. The Bertz CT molecular complexity index is 667. The third-order valence-corrected chi connectivity index (χ3v) is 7.59. The predicted octanol–water partition coefficient (Wildman–Crippen LogP) is 2.40. The summed E-state index contributed by atoms with van der Waals surface area (Å²) in [6.45, 7) is 3.25. The zero-order valence-corrected chi connectivity index (χ0v) is 14.5. The van der Waals surface area contributed by atoms with Gasteiger partial charge in [-0.05, 0) is 31.9 Å². The van der Waals surface area contributed by atoms with Gasteiger partial charge in [0.25, 0.3) is 10.0 Å². The molecule has 2 saturated heterocycles. The Hall–Kier alpha value is -0.830. The Labute approximate surface area is 138 Å². The van der Waals surface area contributed by atoms with Gasteiger partial charge in [-0.2, -0.15) is 4.31 Å². The molecule has 0 saturated carbocycles. The third-order valence-electron chi connectivity index (χ3n) is 4.00. The van der Waals surface area contributed by atoms with Crippen molar-refractivity contribution in [1.82, 2.24) is 9.21 Å². The molecule has 22 heavy (non-hydrogen) atoms. The van der Waals surface area contributed by atoms with Gasteiger partial charge in [-0.15, -0.1) is 11.3 Å². The molecule has 0 N–H and O–H groups in total. The number of piperidine rings is 1. The summed E-state index contributed by atoms with van der Waals surface area (Å²) in [6, 6.07) is 3.18. The van der Waals surface area contributed by atoms with Crippen LogP contribution in [0.15, 0.2) is 16.3 Å². The second kappa shape index (κ2) is 5.99. The summed E-state index contributed by atoms with van der Waals surface area (Å²) in [5, 5.41) is 0. The molecule has 1 amide bonds. The monoisotopic (exact) mass is 364 g/mol. The van der Waals surface area contributed by atoms with E-state index in [0.717, 1.165) is 11.3 Å².